The van der Waals surface area contributed by atoms with Gasteiger partial charge in [0.2, 0.25) is 0 Å². The van der Waals surface area contributed by atoms with E-state index in [1.54, 1.807) is 24.3 Å². The molecule has 1 N–H and O–H groups in total. The highest BCUT2D eigenvalue weighted by molar-refractivity contribution is 9.10. The van der Waals surface area contributed by atoms with Crippen LogP contribution in [0.15, 0.2) is 34.9 Å². The SMILES string of the molecule is O=[N+]([O-])/C=C(\N[O-])c1ccc(Br)cc1. The summed E-state index contributed by atoms with van der Waals surface area (Å²) in [4.78, 5) is 9.47. The first-order chi connectivity index (χ1) is 6.63. The van der Waals surface area contributed by atoms with Gasteiger partial charge in [0.25, 0.3) is 6.20 Å². The molecule has 0 aliphatic carbocycles. The van der Waals surface area contributed by atoms with E-state index in [4.69, 9.17) is 0 Å². The van der Waals surface area contributed by atoms with Crippen molar-refractivity contribution in [1.82, 2.24) is 5.48 Å². The second-order valence-electron chi connectivity index (χ2n) is 2.44. The van der Waals surface area contributed by atoms with Gasteiger partial charge >= 0.3 is 0 Å². The maximum atomic E-state index is 10.4. The second kappa shape index (κ2) is 4.73. The van der Waals surface area contributed by atoms with E-state index in [0.29, 0.717) is 11.8 Å². The van der Waals surface area contributed by atoms with Gasteiger partial charge in [-0.15, -0.1) is 0 Å². The molecule has 1 aromatic carbocycles. The molecule has 0 saturated carbocycles. The van der Waals surface area contributed by atoms with Crippen molar-refractivity contribution in [2.24, 2.45) is 0 Å². The minimum atomic E-state index is -0.678. The molecule has 0 aromatic heterocycles. The lowest BCUT2D eigenvalue weighted by molar-refractivity contribution is -0.401. The highest BCUT2D eigenvalue weighted by Crippen LogP contribution is 2.15. The van der Waals surface area contributed by atoms with Gasteiger partial charge in [-0.25, -0.2) is 0 Å². The average molecular weight is 258 g/mol. The fraction of sp³-hybridized carbons (Fsp3) is 0. The van der Waals surface area contributed by atoms with Crippen LogP contribution in [0.25, 0.3) is 5.70 Å². The molecule has 0 unspecified atom stereocenters. The molecule has 1 rings (SSSR count). The van der Waals surface area contributed by atoms with Crippen molar-refractivity contribution in [2.45, 2.75) is 0 Å². The first-order valence-corrected chi connectivity index (χ1v) is 4.42. The zero-order chi connectivity index (χ0) is 10.6. The molecule has 14 heavy (non-hydrogen) atoms. The molecule has 0 amide bonds. The van der Waals surface area contributed by atoms with Crippen LogP contribution >= 0.6 is 15.9 Å². The molecular formula is C8H6BrN2O3-. The molecule has 0 radical (unpaired) electrons. The van der Waals surface area contributed by atoms with Gasteiger partial charge in [-0.05, 0) is 12.1 Å². The van der Waals surface area contributed by atoms with Crippen molar-refractivity contribution in [3.63, 3.8) is 0 Å². The predicted octanol–water partition coefficient (Wildman–Crippen LogP) is 2.11. The molecule has 0 aliphatic heterocycles. The molecule has 0 aliphatic rings. The van der Waals surface area contributed by atoms with E-state index in [-0.39, 0.29) is 5.70 Å². The predicted molar refractivity (Wildman–Crippen MR) is 55.6 cm³/mol. The first-order valence-electron chi connectivity index (χ1n) is 3.63. The summed E-state index contributed by atoms with van der Waals surface area (Å²) in [7, 11) is 0. The third-order valence-electron chi connectivity index (χ3n) is 1.50. The van der Waals surface area contributed by atoms with Crippen LogP contribution in [-0.4, -0.2) is 4.92 Å². The molecule has 0 bridgehead atoms. The number of benzene rings is 1. The number of halogens is 1. The van der Waals surface area contributed by atoms with Crippen molar-refractivity contribution in [1.29, 1.82) is 0 Å². The summed E-state index contributed by atoms with van der Waals surface area (Å²) < 4.78 is 0.840. The Kier molecular flexibility index (Phi) is 3.61. The Morgan fingerprint density at radius 1 is 1.43 bits per heavy atom. The van der Waals surface area contributed by atoms with Crippen molar-refractivity contribution >= 4 is 21.6 Å². The minimum Gasteiger partial charge on any atom is -0.761 e. The zero-order valence-electron chi connectivity index (χ0n) is 6.94. The Labute approximate surface area is 88.3 Å². The van der Waals surface area contributed by atoms with Gasteiger partial charge in [-0.2, -0.15) is 0 Å². The summed E-state index contributed by atoms with van der Waals surface area (Å²) in [5, 5.41) is 20.6. The van der Waals surface area contributed by atoms with Crippen molar-refractivity contribution < 1.29 is 4.92 Å². The largest absolute Gasteiger partial charge is 0.761 e. The van der Waals surface area contributed by atoms with Gasteiger partial charge in [-0.1, -0.05) is 28.1 Å². The summed E-state index contributed by atoms with van der Waals surface area (Å²) in [5.41, 5.74) is 1.93. The van der Waals surface area contributed by atoms with Crippen LogP contribution < -0.4 is 5.48 Å². The van der Waals surface area contributed by atoms with Crippen molar-refractivity contribution in [3.8, 4) is 0 Å². The van der Waals surface area contributed by atoms with E-state index in [2.05, 4.69) is 15.9 Å². The summed E-state index contributed by atoms with van der Waals surface area (Å²) in [6.45, 7) is 0. The summed E-state index contributed by atoms with van der Waals surface area (Å²) >= 11 is 3.22. The molecule has 6 heteroatoms. The van der Waals surface area contributed by atoms with Gasteiger partial charge in [0.05, 0.1) is 4.92 Å². The number of hydrogen-bond donors (Lipinski definition) is 1. The quantitative estimate of drug-likeness (QED) is 0.665. The third kappa shape index (κ3) is 2.82. The highest BCUT2D eigenvalue weighted by atomic mass is 79.9. The molecular weight excluding hydrogens is 252 g/mol. The van der Waals surface area contributed by atoms with Gasteiger partial charge in [0, 0.05) is 10.0 Å². The van der Waals surface area contributed by atoms with Gasteiger partial charge in [-0.3, -0.25) is 10.1 Å². The fourth-order valence-corrected chi connectivity index (χ4v) is 1.16. The molecule has 5 nitrogen and oxygen atoms in total. The van der Waals surface area contributed by atoms with Crippen LogP contribution in [0.1, 0.15) is 5.56 Å². The van der Waals surface area contributed by atoms with E-state index in [9.17, 15) is 15.3 Å². The highest BCUT2D eigenvalue weighted by Gasteiger charge is 2.01. The number of hydroxylamine groups is 1. The molecule has 0 heterocycles. The maximum Gasteiger partial charge on any atom is 0.257 e. The monoisotopic (exact) mass is 257 g/mol. The van der Waals surface area contributed by atoms with E-state index in [1.807, 2.05) is 0 Å². The van der Waals surface area contributed by atoms with Crippen LogP contribution in [0.2, 0.25) is 0 Å². The Hall–Kier alpha value is -1.40. The van der Waals surface area contributed by atoms with E-state index >= 15 is 0 Å². The lowest BCUT2D eigenvalue weighted by Crippen LogP contribution is -2.04. The number of nitrogens with zero attached hydrogens (tertiary/aromatic N) is 1. The first kappa shape index (κ1) is 10.7. The Morgan fingerprint density at radius 3 is 2.43 bits per heavy atom. The topological polar surface area (TPSA) is 78.2 Å². The van der Waals surface area contributed by atoms with Crippen molar-refractivity contribution in [3.05, 3.63) is 55.8 Å². The summed E-state index contributed by atoms with van der Waals surface area (Å²) in [5.74, 6) is 0. The lowest BCUT2D eigenvalue weighted by Gasteiger charge is -2.11. The molecule has 0 atom stereocenters. The van der Waals surface area contributed by atoms with Crippen LogP contribution in [0, 0.1) is 15.3 Å². The standard InChI is InChI=1S/C8H6BrN2O3/c9-7-3-1-6(2-4-7)8(10-12)5-11(13)14/h1-5,10H/q-1/b8-5-. The summed E-state index contributed by atoms with van der Waals surface area (Å²) in [6.07, 6.45) is 0.635. The Morgan fingerprint density at radius 2 is 2.00 bits per heavy atom. The molecule has 0 spiro atoms. The molecule has 74 valence electrons. The molecule has 0 saturated heterocycles. The van der Waals surface area contributed by atoms with E-state index in [1.165, 1.54) is 5.48 Å². The maximum absolute atomic E-state index is 10.4. The molecule has 1 aromatic rings. The van der Waals surface area contributed by atoms with Gasteiger partial charge < -0.3 is 10.7 Å². The average Bonchev–Trinajstić information content (AvgIpc) is 2.15. The fourth-order valence-electron chi connectivity index (χ4n) is 0.895. The molecule has 0 fully saturated rings. The van der Waals surface area contributed by atoms with Crippen molar-refractivity contribution in [2.75, 3.05) is 0 Å². The van der Waals surface area contributed by atoms with Gasteiger partial charge in [0.1, 0.15) is 5.70 Å². The van der Waals surface area contributed by atoms with E-state index < -0.39 is 4.92 Å². The normalized spacial score (nSPS) is 11.1. The van der Waals surface area contributed by atoms with E-state index in [0.717, 1.165) is 4.47 Å². The minimum absolute atomic E-state index is 0.0671. The summed E-state index contributed by atoms with van der Waals surface area (Å²) in [6, 6.07) is 6.59. The number of rotatable bonds is 3. The lowest BCUT2D eigenvalue weighted by atomic mass is 10.2. The van der Waals surface area contributed by atoms with Crippen LogP contribution in [0.4, 0.5) is 0 Å². The Bertz CT molecular complexity index is 361. The Balaban J connectivity index is 3.01. The number of hydrogen-bond acceptors (Lipinski definition) is 4. The third-order valence-corrected chi connectivity index (χ3v) is 2.03. The number of nitro groups is 1. The second-order valence-corrected chi connectivity index (χ2v) is 3.35. The zero-order valence-corrected chi connectivity index (χ0v) is 8.52. The van der Waals surface area contributed by atoms with Gasteiger partial charge in [0.15, 0.2) is 0 Å². The van der Waals surface area contributed by atoms with Crippen LogP contribution in [-0.2, 0) is 0 Å². The van der Waals surface area contributed by atoms with Crippen LogP contribution in [0.5, 0.6) is 0 Å². The number of nitrogens with one attached hydrogen (secondary N) is 1. The smallest absolute Gasteiger partial charge is 0.257 e. The van der Waals surface area contributed by atoms with Crippen LogP contribution in [0.3, 0.4) is 0 Å².